The van der Waals surface area contributed by atoms with Crippen LogP contribution in [0.2, 0.25) is 0 Å². The second-order valence-electron chi connectivity index (χ2n) is 6.44. The van der Waals surface area contributed by atoms with Gasteiger partial charge in [-0.3, -0.25) is 0 Å². The van der Waals surface area contributed by atoms with Gasteiger partial charge in [-0.2, -0.15) is 0 Å². The van der Waals surface area contributed by atoms with Crippen molar-refractivity contribution in [3.63, 3.8) is 0 Å². The number of esters is 1. The Labute approximate surface area is 157 Å². The minimum absolute atomic E-state index is 0.282. The van der Waals surface area contributed by atoms with E-state index in [1.54, 1.807) is 12.1 Å². The lowest BCUT2D eigenvalue weighted by Crippen LogP contribution is -2.42. The van der Waals surface area contributed by atoms with Crippen LogP contribution in [0.25, 0.3) is 0 Å². The highest BCUT2D eigenvalue weighted by Gasteiger charge is 2.09. The van der Waals surface area contributed by atoms with Crippen molar-refractivity contribution in [2.24, 2.45) is 4.99 Å². The molecule has 26 heavy (non-hydrogen) atoms. The molecule has 6 heteroatoms. The van der Waals surface area contributed by atoms with E-state index in [2.05, 4.69) is 27.4 Å². The molecule has 144 valence electrons. The van der Waals surface area contributed by atoms with Crippen molar-refractivity contribution in [2.45, 2.75) is 39.7 Å². The molecule has 1 aliphatic heterocycles. The van der Waals surface area contributed by atoms with Crippen LogP contribution in [0.3, 0.4) is 0 Å². The molecule has 0 saturated carbocycles. The van der Waals surface area contributed by atoms with Gasteiger partial charge in [0, 0.05) is 19.6 Å². The number of benzene rings is 1. The van der Waals surface area contributed by atoms with Crippen molar-refractivity contribution in [3.05, 3.63) is 35.4 Å². The Morgan fingerprint density at radius 2 is 1.85 bits per heavy atom. The zero-order valence-electron chi connectivity index (χ0n) is 16.1. The zero-order valence-corrected chi connectivity index (χ0v) is 16.1. The first-order valence-corrected chi connectivity index (χ1v) is 9.73. The lowest BCUT2D eigenvalue weighted by molar-refractivity contribution is 0.0526. The molecule has 1 aromatic rings. The zero-order chi connectivity index (χ0) is 18.6. The molecule has 0 unspecified atom stereocenters. The third-order valence-electron chi connectivity index (χ3n) is 4.40. The molecule has 6 nitrogen and oxygen atoms in total. The summed E-state index contributed by atoms with van der Waals surface area (Å²) >= 11 is 0. The first-order chi connectivity index (χ1) is 12.7. The summed E-state index contributed by atoms with van der Waals surface area (Å²) in [6.07, 6.45) is 3.99. The van der Waals surface area contributed by atoms with Crippen molar-refractivity contribution < 1.29 is 9.53 Å². The summed E-state index contributed by atoms with van der Waals surface area (Å²) in [4.78, 5) is 18.8. The van der Waals surface area contributed by atoms with Crippen LogP contribution in [0.4, 0.5) is 0 Å². The van der Waals surface area contributed by atoms with Crippen LogP contribution in [0.5, 0.6) is 0 Å². The van der Waals surface area contributed by atoms with E-state index in [9.17, 15) is 4.79 Å². The van der Waals surface area contributed by atoms with Gasteiger partial charge in [-0.25, -0.2) is 9.79 Å². The van der Waals surface area contributed by atoms with Crippen molar-refractivity contribution in [1.29, 1.82) is 0 Å². The number of nitrogens with zero attached hydrogens (tertiary/aromatic N) is 2. The molecule has 1 heterocycles. The maximum Gasteiger partial charge on any atom is 0.338 e. The maximum atomic E-state index is 11.7. The molecule has 0 aliphatic carbocycles. The first-order valence-electron chi connectivity index (χ1n) is 9.73. The molecular formula is C20H32N4O2. The summed E-state index contributed by atoms with van der Waals surface area (Å²) in [5.41, 5.74) is 1.64. The van der Waals surface area contributed by atoms with Crippen LogP contribution in [-0.2, 0) is 11.3 Å². The lowest BCUT2D eigenvalue weighted by atomic mass is 10.1. The number of hydrogen-bond acceptors (Lipinski definition) is 4. The van der Waals surface area contributed by atoms with Gasteiger partial charge in [0.25, 0.3) is 0 Å². The number of guanidine groups is 1. The molecule has 2 rings (SSSR count). The molecule has 1 saturated heterocycles. The molecule has 0 radical (unpaired) electrons. The number of aliphatic imine (C=N–C) groups is 1. The number of ether oxygens (including phenoxy) is 1. The topological polar surface area (TPSA) is 66.0 Å². The van der Waals surface area contributed by atoms with Crippen LogP contribution in [-0.4, -0.2) is 56.2 Å². The van der Waals surface area contributed by atoms with E-state index in [0.29, 0.717) is 18.7 Å². The Hall–Kier alpha value is -2.08. The van der Waals surface area contributed by atoms with Crippen LogP contribution >= 0.6 is 0 Å². The summed E-state index contributed by atoms with van der Waals surface area (Å²) in [5, 5.41) is 6.69. The van der Waals surface area contributed by atoms with E-state index in [4.69, 9.17) is 4.74 Å². The van der Waals surface area contributed by atoms with Crippen LogP contribution in [0.1, 0.15) is 49.0 Å². The van der Waals surface area contributed by atoms with Gasteiger partial charge in [-0.05, 0) is 57.5 Å². The summed E-state index contributed by atoms with van der Waals surface area (Å²) in [5.74, 6) is 0.550. The fourth-order valence-corrected chi connectivity index (χ4v) is 2.99. The van der Waals surface area contributed by atoms with Gasteiger partial charge >= 0.3 is 5.97 Å². The van der Waals surface area contributed by atoms with Gasteiger partial charge in [0.2, 0.25) is 0 Å². The highest BCUT2D eigenvalue weighted by molar-refractivity contribution is 5.89. The summed E-state index contributed by atoms with van der Waals surface area (Å²) in [6, 6.07) is 7.43. The fourth-order valence-electron chi connectivity index (χ4n) is 2.99. The monoisotopic (exact) mass is 360 g/mol. The van der Waals surface area contributed by atoms with Crippen molar-refractivity contribution in [2.75, 3.05) is 39.3 Å². The number of hydrogen-bond donors (Lipinski definition) is 2. The second kappa shape index (κ2) is 11.5. The molecule has 1 aromatic carbocycles. The van der Waals surface area contributed by atoms with Gasteiger partial charge in [-0.1, -0.05) is 18.6 Å². The third kappa shape index (κ3) is 7.04. The van der Waals surface area contributed by atoms with E-state index in [0.717, 1.165) is 31.2 Å². The molecule has 0 spiro atoms. The van der Waals surface area contributed by atoms with E-state index in [1.165, 1.54) is 32.4 Å². The average Bonchev–Trinajstić information content (AvgIpc) is 2.67. The summed E-state index contributed by atoms with van der Waals surface area (Å²) < 4.78 is 5.00. The standard InChI is InChI=1S/C20H32N4O2/c1-3-21-20(22-12-15-24-13-6-5-7-14-24)23-16-17-8-10-18(11-9-17)19(25)26-4-2/h8-11H,3-7,12-16H2,1-2H3,(H2,21,22,23). The Kier molecular flexibility index (Phi) is 8.96. The predicted octanol–water partition coefficient (Wildman–Crippen LogP) is 2.40. The number of carbonyl (C=O) groups is 1. The lowest BCUT2D eigenvalue weighted by Gasteiger charge is -2.26. The summed E-state index contributed by atoms with van der Waals surface area (Å²) in [7, 11) is 0. The quantitative estimate of drug-likeness (QED) is 0.423. The molecule has 0 amide bonds. The predicted molar refractivity (Wildman–Crippen MR) is 106 cm³/mol. The average molecular weight is 361 g/mol. The molecule has 1 aliphatic rings. The molecule has 1 fully saturated rings. The molecule has 0 bridgehead atoms. The van der Waals surface area contributed by atoms with Crippen molar-refractivity contribution in [3.8, 4) is 0 Å². The van der Waals surface area contributed by atoms with E-state index in [1.807, 2.05) is 19.1 Å². The largest absolute Gasteiger partial charge is 0.462 e. The van der Waals surface area contributed by atoms with Crippen LogP contribution < -0.4 is 10.6 Å². The van der Waals surface area contributed by atoms with Crippen molar-refractivity contribution >= 4 is 11.9 Å². The maximum absolute atomic E-state index is 11.7. The number of piperidine rings is 1. The molecular weight excluding hydrogens is 328 g/mol. The van der Waals surface area contributed by atoms with Gasteiger partial charge < -0.3 is 20.3 Å². The minimum Gasteiger partial charge on any atom is -0.462 e. The normalized spacial score (nSPS) is 15.5. The van der Waals surface area contributed by atoms with Crippen LogP contribution in [0.15, 0.2) is 29.3 Å². The third-order valence-corrected chi connectivity index (χ3v) is 4.40. The first kappa shape index (κ1) is 20.2. The number of carbonyl (C=O) groups excluding carboxylic acids is 1. The highest BCUT2D eigenvalue weighted by atomic mass is 16.5. The Morgan fingerprint density at radius 3 is 2.50 bits per heavy atom. The van der Waals surface area contributed by atoms with E-state index in [-0.39, 0.29) is 5.97 Å². The Balaban J connectivity index is 1.82. The van der Waals surface area contributed by atoms with E-state index >= 15 is 0 Å². The molecule has 0 aromatic heterocycles. The van der Waals surface area contributed by atoms with E-state index < -0.39 is 0 Å². The Morgan fingerprint density at radius 1 is 1.12 bits per heavy atom. The smallest absolute Gasteiger partial charge is 0.338 e. The number of nitrogens with one attached hydrogen (secondary N) is 2. The second-order valence-corrected chi connectivity index (χ2v) is 6.44. The molecule has 2 N–H and O–H groups in total. The van der Waals surface area contributed by atoms with Crippen molar-refractivity contribution in [1.82, 2.24) is 15.5 Å². The fraction of sp³-hybridized carbons (Fsp3) is 0.600. The van der Waals surface area contributed by atoms with Gasteiger partial charge in [0.15, 0.2) is 5.96 Å². The number of likely N-dealkylation sites (tertiary alicyclic amines) is 1. The highest BCUT2D eigenvalue weighted by Crippen LogP contribution is 2.08. The van der Waals surface area contributed by atoms with Gasteiger partial charge in [0.05, 0.1) is 18.7 Å². The van der Waals surface area contributed by atoms with Gasteiger partial charge in [0.1, 0.15) is 0 Å². The number of rotatable bonds is 8. The van der Waals surface area contributed by atoms with Crippen LogP contribution in [0, 0.1) is 0 Å². The summed E-state index contributed by atoms with van der Waals surface area (Å²) in [6.45, 7) is 10.0. The molecule has 0 atom stereocenters. The Bertz CT molecular complexity index is 566. The SMILES string of the molecule is CCNC(=NCc1ccc(C(=O)OCC)cc1)NCCN1CCCCC1. The minimum atomic E-state index is -0.282. The van der Waals surface area contributed by atoms with Gasteiger partial charge in [-0.15, -0.1) is 0 Å².